The van der Waals surface area contributed by atoms with Gasteiger partial charge in [-0.2, -0.15) is 0 Å². The normalized spacial score (nSPS) is 8.11. The van der Waals surface area contributed by atoms with E-state index in [9.17, 15) is 0 Å². The maximum atomic E-state index is 2.16. The fourth-order valence-corrected chi connectivity index (χ4v) is 0.714. The molecule has 0 aliphatic heterocycles. The van der Waals surface area contributed by atoms with Gasteiger partial charge in [-0.25, -0.2) is 0 Å². The molecular formula is C9H14. The first-order valence-corrected chi connectivity index (χ1v) is 2.97. The maximum absolute atomic E-state index is 2.16. The summed E-state index contributed by atoms with van der Waals surface area (Å²) in [5.41, 5.74) is 1.41. The first-order chi connectivity index (χ1) is 3.93. The Bertz CT molecular complexity index is 141. The fraction of sp³-hybridized carbons (Fsp3) is 0.333. The molecule has 0 aromatic heterocycles. The molecule has 50 valence electrons. The molecule has 0 saturated carbocycles. The van der Waals surface area contributed by atoms with Crippen molar-refractivity contribution in [3.63, 3.8) is 0 Å². The molecule has 9 heavy (non-hydrogen) atoms. The summed E-state index contributed by atoms with van der Waals surface area (Å²) in [6.07, 6.45) is 1.14. The Balaban J connectivity index is 0.000000640. The average molecular weight is 122 g/mol. The van der Waals surface area contributed by atoms with Crippen molar-refractivity contribution in [3.05, 3.63) is 35.9 Å². The SMILES string of the molecule is C.CCc1ccccc1. The van der Waals surface area contributed by atoms with Crippen molar-refractivity contribution in [1.29, 1.82) is 0 Å². The summed E-state index contributed by atoms with van der Waals surface area (Å²) in [6, 6.07) is 10.5. The highest BCUT2D eigenvalue weighted by Gasteiger charge is 1.79. The van der Waals surface area contributed by atoms with E-state index in [1.54, 1.807) is 0 Å². The predicted octanol–water partition coefficient (Wildman–Crippen LogP) is 2.89. The van der Waals surface area contributed by atoms with Crippen molar-refractivity contribution < 1.29 is 0 Å². The van der Waals surface area contributed by atoms with Crippen LogP contribution in [0, 0.1) is 0 Å². The van der Waals surface area contributed by atoms with Crippen LogP contribution in [0.4, 0.5) is 0 Å². The standard InChI is InChI=1S/C8H10.CH4/c1-2-8-6-4-3-5-7-8;/h3-7H,2H2,1H3;1H4. The number of aryl methyl sites for hydroxylation is 1. The van der Waals surface area contributed by atoms with Crippen molar-refractivity contribution in [3.8, 4) is 0 Å². The lowest BCUT2D eigenvalue weighted by Gasteiger charge is -1.89. The van der Waals surface area contributed by atoms with Crippen molar-refractivity contribution in [2.45, 2.75) is 20.8 Å². The summed E-state index contributed by atoms with van der Waals surface area (Å²) < 4.78 is 0. The summed E-state index contributed by atoms with van der Waals surface area (Å²) in [4.78, 5) is 0. The van der Waals surface area contributed by atoms with Crippen LogP contribution >= 0.6 is 0 Å². The van der Waals surface area contributed by atoms with Gasteiger partial charge in [-0.1, -0.05) is 44.7 Å². The summed E-state index contributed by atoms with van der Waals surface area (Å²) in [6.45, 7) is 2.16. The van der Waals surface area contributed by atoms with Crippen molar-refractivity contribution in [2.75, 3.05) is 0 Å². The molecule has 0 N–H and O–H groups in total. The lowest BCUT2D eigenvalue weighted by molar-refractivity contribution is 1.14. The van der Waals surface area contributed by atoms with Crippen molar-refractivity contribution >= 4 is 0 Å². The minimum absolute atomic E-state index is 0. The van der Waals surface area contributed by atoms with Crippen LogP contribution in [0.1, 0.15) is 19.9 Å². The van der Waals surface area contributed by atoms with E-state index < -0.39 is 0 Å². The van der Waals surface area contributed by atoms with Crippen LogP contribution in [0.2, 0.25) is 0 Å². The van der Waals surface area contributed by atoms with E-state index in [0.717, 1.165) is 6.42 Å². The van der Waals surface area contributed by atoms with E-state index in [1.807, 2.05) is 6.07 Å². The Morgan fingerprint density at radius 1 is 1.11 bits per heavy atom. The minimum atomic E-state index is 0. The third kappa shape index (κ3) is 2.31. The van der Waals surface area contributed by atoms with E-state index in [0.29, 0.717) is 0 Å². The molecule has 0 fully saturated rings. The van der Waals surface area contributed by atoms with Gasteiger partial charge in [0.2, 0.25) is 0 Å². The smallest absolute Gasteiger partial charge is 0.0307 e. The molecule has 0 aliphatic rings. The Morgan fingerprint density at radius 3 is 2.00 bits per heavy atom. The molecular weight excluding hydrogens is 108 g/mol. The van der Waals surface area contributed by atoms with Crippen LogP contribution in [-0.4, -0.2) is 0 Å². The van der Waals surface area contributed by atoms with Gasteiger partial charge in [0, 0.05) is 0 Å². The van der Waals surface area contributed by atoms with Gasteiger partial charge in [0.25, 0.3) is 0 Å². The lowest BCUT2D eigenvalue weighted by atomic mass is 10.2. The molecule has 0 amide bonds. The van der Waals surface area contributed by atoms with Crippen molar-refractivity contribution in [2.24, 2.45) is 0 Å². The molecule has 0 atom stereocenters. The molecule has 0 nitrogen and oxygen atoms in total. The first kappa shape index (κ1) is 8.22. The Kier molecular flexibility index (Phi) is 3.78. The average Bonchev–Trinajstić information content (AvgIpc) is 1.90. The molecule has 0 heteroatoms. The Hall–Kier alpha value is -0.780. The van der Waals surface area contributed by atoms with Gasteiger partial charge >= 0.3 is 0 Å². The summed E-state index contributed by atoms with van der Waals surface area (Å²) >= 11 is 0. The van der Waals surface area contributed by atoms with Crippen LogP contribution < -0.4 is 0 Å². The number of hydrogen-bond acceptors (Lipinski definition) is 0. The van der Waals surface area contributed by atoms with Gasteiger partial charge in [-0.05, 0) is 12.0 Å². The van der Waals surface area contributed by atoms with Gasteiger partial charge in [-0.15, -0.1) is 0 Å². The molecule has 0 spiro atoms. The molecule has 1 rings (SSSR count). The molecule has 0 radical (unpaired) electrons. The molecule has 0 heterocycles. The summed E-state index contributed by atoms with van der Waals surface area (Å²) in [7, 11) is 0. The van der Waals surface area contributed by atoms with Gasteiger partial charge in [0.1, 0.15) is 0 Å². The van der Waals surface area contributed by atoms with Crippen LogP contribution in [0.5, 0.6) is 0 Å². The monoisotopic (exact) mass is 122 g/mol. The maximum Gasteiger partial charge on any atom is -0.0307 e. The minimum Gasteiger partial charge on any atom is -0.0776 e. The number of benzene rings is 1. The highest BCUT2D eigenvalue weighted by Crippen LogP contribution is 1.96. The zero-order chi connectivity index (χ0) is 5.82. The van der Waals surface area contributed by atoms with E-state index in [2.05, 4.69) is 31.2 Å². The predicted molar refractivity (Wildman–Crippen MR) is 42.6 cm³/mol. The molecule has 0 saturated heterocycles. The quantitative estimate of drug-likeness (QED) is 0.537. The largest absolute Gasteiger partial charge is 0.0776 e. The summed E-state index contributed by atoms with van der Waals surface area (Å²) in [5.74, 6) is 0. The Morgan fingerprint density at radius 2 is 1.67 bits per heavy atom. The first-order valence-electron chi connectivity index (χ1n) is 2.97. The zero-order valence-electron chi connectivity index (χ0n) is 5.09. The van der Waals surface area contributed by atoms with Gasteiger partial charge in [0.05, 0.1) is 0 Å². The second kappa shape index (κ2) is 4.13. The van der Waals surface area contributed by atoms with Crippen LogP contribution in [0.3, 0.4) is 0 Å². The third-order valence-corrected chi connectivity index (χ3v) is 1.25. The van der Waals surface area contributed by atoms with Gasteiger partial charge in [0.15, 0.2) is 0 Å². The molecule has 0 aliphatic carbocycles. The van der Waals surface area contributed by atoms with E-state index in [4.69, 9.17) is 0 Å². The Labute approximate surface area is 57.5 Å². The highest BCUT2D eigenvalue weighted by molar-refractivity contribution is 5.13. The lowest BCUT2D eigenvalue weighted by Crippen LogP contribution is -1.73. The fourth-order valence-electron chi connectivity index (χ4n) is 0.714. The molecule has 0 bridgehead atoms. The van der Waals surface area contributed by atoms with E-state index >= 15 is 0 Å². The highest BCUT2D eigenvalue weighted by atomic mass is 13.9. The van der Waals surface area contributed by atoms with Gasteiger partial charge < -0.3 is 0 Å². The van der Waals surface area contributed by atoms with Crippen LogP contribution in [0.15, 0.2) is 30.3 Å². The van der Waals surface area contributed by atoms with E-state index in [1.165, 1.54) is 5.56 Å². The topological polar surface area (TPSA) is 0 Å². The van der Waals surface area contributed by atoms with Gasteiger partial charge in [-0.3, -0.25) is 0 Å². The molecule has 0 unspecified atom stereocenters. The number of rotatable bonds is 1. The second-order valence-electron chi connectivity index (χ2n) is 1.84. The molecule has 1 aromatic rings. The number of hydrogen-bond donors (Lipinski definition) is 0. The zero-order valence-corrected chi connectivity index (χ0v) is 5.09. The summed E-state index contributed by atoms with van der Waals surface area (Å²) in [5, 5.41) is 0. The van der Waals surface area contributed by atoms with Crippen molar-refractivity contribution in [1.82, 2.24) is 0 Å². The van der Waals surface area contributed by atoms with Crippen LogP contribution in [-0.2, 0) is 6.42 Å². The third-order valence-electron chi connectivity index (χ3n) is 1.25. The van der Waals surface area contributed by atoms with E-state index in [-0.39, 0.29) is 7.43 Å². The second-order valence-corrected chi connectivity index (χ2v) is 1.84. The molecule has 1 aromatic carbocycles. The van der Waals surface area contributed by atoms with Crippen LogP contribution in [0.25, 0.3) is 0 Å².